The molecule has 2 aromatic rings. The van der Waals surface area contributed by atoms with Crippen molar-refractivity contribution in [2.75, 3.05) is 12.3 Å². The van der Waals surface area contributed by atoms with E-state index >= 15 is 0 Å². The molecule has 0 aliphatic heterocycles. The fraction of sp³-hybridized carbons (Fsp3) is 0.391. The van der Waals surface area contributed by atoms with E-state index in [-0.39, 0.29) is 30.6 Å². The molecular weight excluding hydrogens is 423 g/mol. The molecule has 0 aliphatic carbocycles. The average Bonchev–Trinajstić information content (AvgIpc) is 2.74. The molecular formula is C23H28ClFN2O2S. The van der Waals surface area contributed by atoms with E-state index in [0.717, 1.165) is 17.7 Å². The van der Waals surface area contributed by atoms with E-state index < -0.39 is 6.04 Å². The molecule has 4 nitrogen and oxygen atoms in total. The molecule has 1 atom stereocenters. The van der Waals surface area contributed by atoms with Gasteiger partial charge in [-0.2, -0.15) is 0 Å². The van der Waals surface area contributed by atoms with Crippen LogP contribution in [0.5, 0.6) is 0 Å². The van der Waals surface area contributed by atoms with Gasteiger partial charge in [-0.25, -0.2) is 4.39 Å². The number of halogens is 2. The van der Waals surface area contributed by atoms with E-state index in [1.54, 1.807) is 49.0 Å². The maximum Gasteiger partial charge on any atom is 0.242 e. The van der Waals surface area contributed by atoms with Crippen LogP contribution in [0, 0.1) is 5.82 Å². The van der Waals surface area contributed by atoms with Crippen LogP contribution in [0.25, 0.3) is 0 Å². The first kappa shape index (κ1) is 24.2. The quantitative estimate of drug-likeness (QED) is 0.373. The highest BCUT2D eigenvalue weighted by Crippen LogP contribution is 2.22. The largest absolute Gasteiger partial charge is 0.354 e. The van der Waals surface area contributed by atoms with Crippen molar-refractivity contribution in [3.8, 4) is 0 Å². The molecule has 0 radical (unpaired) electrons. The van der Waals surface area contributed by atoms with Crippen molar-refractivity contribution in [1.82, 2.24) is 10.2 Å². The van der Waals surface area contributed by atoms with Gasteiger partial charge in [0.1, 0.15) is 11.9 Å². The highest BCUT2D eigenvalue weighted by atomic mass is 35.5. The zero-order valence-electron chi connectivity index (χ0n) is 17.4. The number of nitrogens with one attached hydrogen (secondary N) is 1. The zero-order chi connectivity index (χ0) is 21.9. The molecule has 0 bridgehead atoms. The van der Waals surface area contributed by atoms with E-state index in [2.05, 4.69) is 5.32 Å². The summed E-state index contributed by atoms with van der Waals surface area (Å²) >= 11 is 7.44. The minimum Gasteiger partial charge on any atom is -0.354 e. The molecule has 30 heavy (non-hydrogen) atoms. The summed E-state index contributed by atoms with van der Waals surface area (Å²) in [5, 5.41) is 3.52. The van der Waals surface area contributed by atoms with Gasteiger partial charge in [-0.05, 0) is 43.7 Å². The number of unbranched alkanes of at least 4 members (excludes halogenated alkanes) is 1. The summed E-state index contributed by atoms with van der Waals surface area (Å²) in [4.78, 5) is 28.0. The third-order valence-electron chi connectivity index (χ3n) is 4.69. The highest BCUT2D eigenvalue weighted by Gasteiger charge is 2.26. The van der Waals surface area contributed by atoms with Gasteiger partial charge in [0.25, 0.3) is 0 Å². The molecule has 7 heteroatoms. The van der Waals surface area contributed by atoms with Gasteiger partial charge in [0.15, 0.2) is 0 Å². The third-order valence-corrected chi connectivity index (χ3v) is 5.96. The molecule has 0 aliphatic rings. The van der Waals surface area contributed by atoms with Crippen LogP contribution < -0.4 is 5.32 Å². The first-order chi connectivity index (χ1) is 14.4. The summed E-state index contributed by atoms with van der Waals surface area (Å²) in [6.07, 6.45) is 2.08. The van der Waals surface area contributed by atoms with Crippen LogP contribution in [-0.4, -0.2) is 35.1 Å². The molecule has 1 N–H and O–H groups in total. The van der Waals surface area contributed by atoms with Gasteiger partial charge in [-0.3, -0.25) is 9.59 Å². The second-order valence-corrected chi connectivity index (χ2v) is 8.59. The summed E-state index contributed by atoms with van der Waals surface area (Å²) in [5.41, 5.74) is 0.393. The summed E-state index contributed by atoms with van der Waals surface area (Å²) in [6.45, 7) is 4.35. The van der Waals surface area contributed by atoms with Crippen molar-refractivity contribution in [3.63, 3.8) is 0 Å². The van der Waals surface area contributed by atoms with E-state index in [4.69, 9.17) is 11.6 Å². The number of nitrogens with zero attached hydrogens (tertiary/aromatic N) is 1. The Hall–Kier alpha value is -2.05. The Morgan fingerprint density at radius 2 is 1.87 bits per heavy atom. The summed E-state index contributed by atoms with van der Waals surface area (Å²) in [7, 11) is 0. The lowest BCUT2D eigenvalue weighted by Gasteiger charge is -2.29. The molecule has 162 valence electrons. The Balaban J connectivity index is 2.04. The molecule has 2 rings (SSSR count). The predicted molar refractivity (Wildman–Crippen MR) is 121 cm³/mol. The summed E-state index contributed by atoms with van der Waals surface area (Å²) < 4.78 is 14.2. The van der Waals surface area contributed by atoms with Crippen LogP contribution in [0.1, 0.15) is 38.7 Å². The molecule has 0 saturated heterocycles. The van der Waals surface area contributed by atoms with Crippen LogP contribution in [-0.2, 0) is 16.1 Å². The van der Waals surface area contributed by atoms with Crippen LogP contribution >= 0.6 is 23.4 Å². The van der Waals surface area contributed by atoms with Gasteiger partial charge >= 0.3 is 0 Å². The van der Waals surface area contributed by atoms with Crippen molar-refractivity contribution in [3.05, 3.63) is 64.9 Å². The lowest BCUT2D eigenvalue weighted by Crippen LogP contribution is -2.48. The number of thioether (sulfide) groups is 1. The maximum atomic E-state index is 14.2. The van der Waals surface area contributed by atoms with Crippen LogP contribution in [0.4, 0.5) is 4.39 Å². The molecule has 2 amide bonds. The Bertz CT molecular complexity index is 832. The van der Waals surface area contributed by atoms with Crippen molar-refractivity contribution in [2.24, 2.45) is 0 Å². The molecule has 0 fully saturated rings. The normalized spacial score (nSPS) is 11.7. The van der Waals surface area contributed by atoms with Crippen molar-refractivity contribution >= 4 is 35.2 Å². The van der Waals surface area contributed by atoms with E-state index in [1.165, 1.54) is 11.0 Å². The maximum absolute atomic E-state index is 14.2. The van der Waals surface area contributed by atoms with E-state index in [1.807, 2.05) is 19.1 Å². The highest BCUT2D eigenvalue weighted by molar-refractivity contribution is 7.99. The minimum atomic E-state index is -0.686. The second kappa shape index (κ2) is 12.6. The number of carbonyl (C=O) groups excluding carboxylic acids is 2. The number of benzene rings is 2. The molecule has 0 heterocycles. The lowest BCUT2D eigenvalue weighted by atomic mass is 10.1. The monoisotopic (exact) mass is 450 g/mol. The summed E-state index contributed by atoms with van der Waals surface area (Å²) in [6, 6.07) is 13.1. The fourth-order valence-corrected chi connectivity index (χ4v) is 3.83. The molecule has 0 aromatic heterocycles. The number of hydrogen-bond donors (Lipinski definition) is 1. The fourth-order valence-electron chi connectivity index (χ4n) is 2.86. The third kappa shape index (κ3) is 7.65. The first-order valence-electron chi connectivity index (χ1n) is 10.1. The predicted octanol–water partition coefficient (Wildman–Crippen LogP) is 5.29. The number of amides is 2. The van der Waals surface area contributed by atoms with Crippen molar-refractivity contribution < 1.29 is 14.0 Å². The topological polar surface area (TPSA) is 49.4 Å². The molecule has 0 saturated carbocycles. The van der Waals surface area contributed by atoms with Gasteiger partial charge in [-0.15, -0.1) is 11.8 Å². The van der Waals surface area contributed by atoms with Gasteiger partial charge in [0.05, 0.1) is 0 Å². The van der Waals surface area contributed by atoms with Gasteiger partial charge < -0.3 is 10.2 Å². The Morgan fingerprint density at radius 1 is 1.17 bits per heavy atom. The van der Waals surface area contributed by atoms with Gasteiger partial charge in [0.2, 0.25) is 11.8 Å². The standard InChI is InChI=1S/C23H28ClFN2O2S/c1-3-4-14-26-23(29)17(2)27(16-18-7-5-6-8-21(18)25)22(28)13-15-30-20-11-9-19(24)10-12-20/h5-12,17H,3-4,13-16H2,1-2H3,(H,26,29)/t17-/m1/s1. The number of rotatable bonds is 11. The van der Waals surface area contributed by atoms with Crippen LogP contribution in [0.3, 0.4) is 0 Å². The van der Waals surface area contributed by atoms with Gasteiger partial charge in [-0.1, -0.05) is 43.1 Å². The lowest BCUT2D eigenvalue weighted by molar-refractivity contribution is -0.140. The Labute approximate surface area is 187 Å². The van der Waals surface area contributed by atoms with Crippen molar-refractivity contribution in [2.45, 2.75) is 50.6 Å². The summed E-state index contributed by atoms with van der Waals surface area (Å²) in [5.74, 6) is -0.237. The SMILES string of the molecule is CCCCNC(=O)[C@@H](C)N(Cc1ccccc1F)C(=O)CCSc1ccc(Cl)cc1. The molecule has 0 unspecified atom stereocenters. The van der Waals surface area contributed by atoms with E-state index in [0.29, 0.717) is 22.9 Å². The molecule has 2 aromatic carbocycles. The Kier molecular flexibility index (Phi) is 10.2. The second-order valence-electron chi connectivity index (χ2n) is 6.99. The van der Waals surface area contributed by atoms with Gasteiger partial charge in [0, 0.05) is 40.7 Å². The van der Waals surface area contributed by atoms with Crippen LogP contribution in [0.2, 0.25) is 5.02 Å². The number of carbonyl (C=O) groups is 2. The first-order valence-corrected chi connectivity index (χ1v) is 11.5. The van der Waals surface area contributed by atoms with Crippen molar-refractivity contribution in [1.29, 1.82) is 0 Å². The Morgan fingerprint density at radius 3 is 2.53 bits per heavy atom. The minimum absolute atomic E-state index is 0.0550. The van der Waals surface area contributed by atoms with E-state index in [9.17, 15) is 14.0 Å². The van der Waals surface area contributed by atoms with Crippen LogP contribution in [0.15, 0.2) is 53.4 Å². The molecule has 0 spiro atoms. The number of hydrogen-bond acceptors (Lipinski definition) is 3. The average molecular weight is 451 g/mol. The zero-order valence-corrected chi connectivity index (χ0v) is 18.9. The smallest absolute Gasteiger partial charge is 0.242 e.